The van der Waals surface area contributed by atoms with Gasteiger partial charge < -0.3 is 5.32 Å². The molecule has 1 rings (SSSR count). The highest BCUT2D eigenvalue weighted by Gasteiger charge is 2.10. The molecule has 0 heterocycles. The Labute approximate surface area is 120 Å². The number of amides is 1. The van der Waals surface area contributed by atoms with E-state index in [0.717, 1.165) is 12.8 Å². The largest absolute Gasteiger partial charge is 0.325 e. The summed E-state index contributed by atoms with van der Waals surface area (Å²) in [4.78, 5) is 11.9. The van der Waals surface area contributed by atoms with E-state index in [1.807, 2.05) is 18.2 Å². The maximum Gasteiger partial charge on any atom is 0.224 e. The van der Waals surface area contributed by atoms with E-state index in [-0.39, 0.29) is 5.91 Å². The number of anilines is 1. The summed E-state index contributed by atoms with van der Waals surface area (Å²) in [5.74, 6) is 0.399. The lowest BCUT2D eigenvalue weighted by Gasteiger charge is -2.11. The number of hydrogen-bond donors (Lipinski definition) is 1. The van der Waals surface area contributed by atoms with Gasteiger partial charge in [0.25, 0.3) is 0 Å². The molecular weight excluding hydrogens is 258 g/mol. The van der Waals surface area contributed by atoms with Crippen molar-refractivity contribution >= 4 is 23.2 Å². The van der Waals surface area contributed by atoms with Crippen LogP contribution >= 0.6 is 11.6 Å². The number of halogens is 1. The van der Waals surface area contributed by atoms with Crippen LogP contribution in [0.2, 0.25) is 5.02 Å². The molecule has 0 fully saturated rings. The molecule has 1 unspecified atom stereocenters. The molecule has 0 radical (unpaired) electrons. The van der Waals surface area contributed by atoms with Gasteiger partial charge in [0.2, 0.25) is 5.91 Å². The van der Waals surface area contributed by atoms with E-state index in [4.69, 9.17) is 11.6 Å². The first kappa shape index (κ1) is 15.8. The van der Waals surface area contributed by atoms with Crippen molar-refractivity contribution in [2.75, 3.05) is 5.32 Å². The Kier molecular flexibility index (Phi) is 6.65. The second-order valence-electron chi connectivity index (χ2n) is 5.20. The van der Waals surface area contributed by atoms with Gasteiger partial charge in [-0.15, -0.1) is 0 Å². The van der Waals surface area contributed by atoms with Gasteiger partial charge in [0, 0.05) is 6.42 Å². The second kappa shape index (κ2) is 8.00. The summed E-state index contributed by atoms with van der Waals surface area (Å²) in [6, 6.07) is 7.29. The van der Waals surface area contributed by atoms with E-state index >= 15 is 0 Å². The third-order valence-electron chi connectivity index (χ3n) is 2.89. The molecule has 104 valence electrons. The molecule has 3 heteroatoms. The number of nitrogens with one attached hydrogen (secondary N) is 1. The highest BCUT2D eigenvalue weighted by atomic mass is 35.5. The average Bonchev–Trinajstić information content (AvgIpc) is 2.31. The number of hydrogen-bond acceptors (Lipinski definition) is 1. The molecule has 0 aliphatic rings. The van der Waals surface area contributed by atoms with Crippen molar-refractivity contribution in [1.29, 1.82) is 0 Å². The maximum atomic E-state index is 11.9. The average molecular weight is 280 g/mol. The van der Waals surface area contributed by atoms with Crippen molar-refractivity contribution < 1.29 is 4.79 Å². The zero-order valence-electron chi connectivity index (χ0n) is 11.9. The summed E-state index contributed by atoms with van der Waals surface area (Å²) in [7, 11) is 0. The van der Waals surface area contributed by atoms with Gasteiger partial charge in [0.05, 0.1) is 10.7 Å². The Balaban J connectivity index is 2.39. The third kappa shape index (κ3) is 6.44. The number of benzene rings is 1. The highest BCUT2D eigenvalue weighted by Crippen LogP contribution is 2.21. The highest BCUT2D eigenvalue weighted by molar-refractivity contribution is 6.33. The van der Waals surface area contributed by atoms with Crippen molar-refractivity contribution in [2.45, 2.75) is 40.0 Å². The van der Waals surface area contributed by atoms with Gasteiger partial charge in [-0.3, -0.25) is 4.79 Å². The van der Waals surface area contributed by atoms with Crippen LogP contribution in [0, 0.1) is 5.92 Å². The smallest absolute Gasteiger partial charge is 0.224 e. The zero-order chi connectivity index (χ0) is 14.3. The van der Waals surface area contributed by atoms with Gasteiger partial charge in [-0.25, -0.2) is 0 Å². The van der Waals surface area contributed by atoms with Crippen molar-refractivity contribution in [2.24, 2.45) is 5.92 Å². The number of carbonyl (C=O) groups excluding carboxylic acids is 1. The summed E-state index contributed by atoms with van der Waals surface area (Å²) in [5.41, 5.74) is 2.01. The quantitative estimate of drug-likeness (QED) is 0.725. The van der Waals surface area contributed by atoms with Crippen LogP contribution in [0.25, 0.3) is 0 Å². The summed E-state index contributed by atoms with van der Waals surface area (Å²) >= 11 is 6.00. The first-order chi connectivity index (χ1) is 8.99. The molecule has 0 spiro atoms. The van der Waals surface area contributed by atoms with Gasteiger partial charge >= 0.3 is 0 Å². The van der Waals surface area contributed by atoms with Crippen LogP contribution < -0.4 is 5.32 Å². The Morgan fingerprint density at radius 2 is 2.05 bits per heavy atom. The minimum Gasteiger partial charge on any atom is -0.325 e. The van der Waals surface area contributed by atoms with Crippen molar-refractivity contribution in [3.63, 3.8) is 0 Å². The van der Waals surface area contributed by atoms with Crippen LogP contribution in [0.5, 0.6) is 0 Å². The van der Waals surface area contributed by atoms with Gasteiger partial charge in [-0.05, 0) is 44.7 Å². The van der Waals surface area contributed by atoms with Crippen LogP contribution in [-0.2, 0) is 4.79 Å². The predicted molar refractivity (Wildman–Crippen MR) is 82.5 cm³/mol. The van der Waals surface area contributed by atoms with Crippen LogP contribution in [-0.4, -0.2) is 5.91 Å². The van der Waals surface area contributed by atoms with Crippen LogP contribution in [0.1, 0.15) is 40.0 Å². The molecule has 1 aromatic rings. The summed E-state index contributed by atoms with van der Waals surface area (Å²) < 4.78 is 0. The van der Waals surface area contributed by atoms with Crippen molar-refractivity contribution in [3.8, 4) is 0 Å². The van der Waals surface area contributed by atoms with Gasteiger partial charge in [0.15, 0.2) is 0 Å². The fraction of sp³-hybridized carbons (Fsp3) is 0.438. The molecular formula is C16H22ClNO. The topological polar surface area (TPSA) is 29.1 Å². The standard InChI is InChI=1S/C16H22ClNO/c1-12(2)7-6-8-13(3)11-16(19)18-15-10-5-4-9-14(15)17/h4-5,7,9-10,13H,6,8,11H2,1-3H3,(H,18,19). The molecule has 2 nitrogen and oxygen atoms in total. The number of rotatable bonds is 6. The molecule has 0 bridgehead atoms. The number of carbonyl (C=O) groups is 1. The Hall–Kier alpha value is -1.28. The lowest BCUT2D eigenvalue weighted by atomic mass is 10.0. The first-order valence-electron chi connectivity index (χ1n) is 6.66. The summed E-state index contributed by atoms with van der Waals surface area (Å²) in [5, 5.41) is 3.43. The van der Waals surface area contributed by atoms with E-state index in [0.29, 0.717) is 23.0 Å². The molecule has 1 amide bonds. The molecule has 1 aromatic carbocycles. The molecule has 1 N–H and O–H groups in total. The van der Waals surface area contributed by atoms with Gasteiger partial charge in [-0.2, -0.15) is 0 Å². The lowest BCUT2D eigenvalue weighted by Crippen LogP contribution is -2.15. The summed E-state index contributed by atoms with van der Waals surface area (Å²) in [6.07, 6.45) is 4.80. The molecule has 0 aromatic heterocycles. The monoisotopic (exact) mass is 279 g/mol. The van der Waals surface area contributed by atoms with Gasteiger partial charge in [-0.1, -0.05) is 42.3 Å². The number of allylic oxidation sites excluding steroid dienone is 2. The fourth-order valence-corrected chi connectivity index (χ4v) is 2.02. The SMILES string of the molecule is CC(C)=CCCC(C)CC(=O)Nc1ccccc1Cl. The van der Waals surface area contributed by atoms with E-state index in [9.17, 15) is 4.79 Å². The third-order valence-corrected chi connectivity index (χ3v) is 3.22. The molecule has 19 heavy (non-hydrogen) atoms. The normalized spacial score (nSPS) is 11.8. The molecule has 1 atom stereocenters. The van der Waals surface area contributed by atoms with Crippen LogP contribution in [0.15, 0.2) is 35.9 Å². The minimum atomic E-state index is 0.0257. The zero-order valence-corrected chi connectivity index (χ0v) is 12.6. The Morgan fingerprint density at radius 1 is 1.37 bits per heavy atom. The van der Waals surface area contributed by atoms with Crippen molar-refractivity contribution in [1.82, 2.24) is 0 Å². The first-order valence-corrected chi connectivity index (χ1v) is 7.04. The minimum absolute atomic E-state index is 0.0257. The van der Waals surface area contributed by atoms with Crippen LogP contribution in [0.4, 0.5) is 5.69 Å². The van der Waals surface area contributed by atoms with E-state index in [1.54, 1.807) is 6.07 Å². The predicted octanol–water partition coefficient (Wildman–Crippen LogP) is 5.05. The molecule has 0 saturated carbocycles. The fourth-order valence-electron chi connectivity index (χ4n) is 1.84. The van der Waals surface area contributed by atoms with E-state index < -0.39 is 0 Å². The lowest BCUT2D eigenvalue weighted by molar-refractivity contribution is -0.117. The van der Waals surface area contributed by atoms with E-state index in [1.165, 1.54) is 5.57 Å². The molecule has 0 aliphatic heterocycles. The molecule has 0 aliphatic carbocycles. The maximum absolute atomic E-state index is 11.9. The Morgan fingerprint density at radius 3 is 2.68 bits per heavy atom. The second-order valence-corrected chi connectivity index (χ2v) is 5.60. The number of para-hydroxylation sites is 1. The summed E-state index contributed by atoms with van der Waals surface area (Å²) in [6.45, 7) is 6.29. The van der Waals surface area contributed by atoms with Gasteiger partial charge in [0.1, 0.15) is 0 Å². The molecule has 0 saturated heterocycles. The van der Waals surface area contributed by atoms with Crippen molar-refractivity contribution in [3.05, 3.63) is 40.9 Å². The Bertz CT molecular complexity index is 450. The van der Waals surface area contributed by atoms with E-state index in [2.05, 4.69) is 32.2 Å². The van der Waals surface area contributed by atoms with Crippen LogP contribution in [0.3, 0.4) is 0 Å².